The fourth-order valence-corrected chi connectivity index (χ4v) is 3.26. The van der Waals surface area contributed by atoms with Crippen LogP contribution in [-0.2, 0) is 0 Å². The highest BCUT2D eigenvalue weighted by Crippen LogP contribution is 2.43. The number of ketones is 1. The summed E-state index contributed by atoms with van der Waals surface area (Å²) in [6.45, 7) is 1.42. The molecule has 0 fully saturated rings. The smallest absolute Gasteiger partial charge is 0.165 e. The third kappa shape index (κ3) is 1.40. The Balaban J connectivity index is 2.40. The van der Waals surface area contributed by atoms with Gasteiger partial charge < -0.3 is 10.8 Å². The van der Waals surface area contributed by atoms with Crippen molar-refractivity contribution in [2.75, 3.05) is 5.73 Å². The Labute approximate surface area is 120 Å². The minimum Gasteiger partial charge on any atom is -0.506 e. The highest BCUT2D eigenvalue weighted by Gasteiger charge is 2.20. The summed E-state index contributed by atoms with van der Waals surface area (Å²) in [4.78, 5) is 11.8. The molecule has 0 aromatic heterocycles. The minimum absolute atomic E-state index is 0.0225. The van der Waals surface area contributed by atoms with E-state index < -0.39 is 0 Å². The van der Waals surface area contributed by atoms with Gasteiger partial charge in [-0.25, -0.2) is 0 Å². The molecule has 0 unspecified atom stereocenters. The van der Waals surface area contributed by atoms with E-state index in [2.05, 4.69) is 0 Å². The van der Waals surface area contributed by atoms with Crippen molar-refractivity contribution in [3.63, 3.8) is 0 Å². The van der Waals surface area contributed by atoms with Crippen molar-refractivity contribution in [3.05, 3.63) is 48.0 Å². The second-order valence-corrected chi connectivity index (χ2v) is 5.37. The van der Waals surface area contributed by atoms with Gasteiger partial charge in [0.05, 0.1) is 11.3 Å². The number of anilines is 1. The van der Waals surface area contributed by atoms with Gasteiger partial charge >= 0.3 is 0 Å². The lowest BCUT2D eigenvalue weighted by Crippen LogP contribution is -2.02. The van der Waals surface area contributed by atoms with E-state index in [0.29, 0.717) is 11.1 Å². The van der Waals surface area contributed by atoms with Gasteiger partial charge in [0.25, 0.3) is 0 Å². The van der Waals surface area contributed by atoms with Crippen LogP contribution in [0.15, 0.2) is 42.5 Å². The molecule has 3 heteroatoms. The van der Waals surface area contributed by atoms with Crippen molar-refractivity contribution in [1.82, 2.24) is 0 Å². The average Bonchev–Trinajstić information content (AvgIpc) is 2.47. The van der Waals surface area contributed by atoms with Crippen LogP contribution in [-0.4, -0.2) is 10.9 Å². The average molecular weight is 275 g/mol. The number of carbonyl (C=O) groups is 1. The molecule has 4 aromatic rings. The summed E-state index contributed by atoms with van der Waals surface area (Å²) >= 11 is 0. The van der Waals surface area contributed by atoms with Gasteiger partial charge in [0.2, 0.25) is 0 Å². The normalized spacial score (nSPS) is 11.7. The number of hydrogen-bond acceptors (Lipinski definition) is 3. The first-order chi connectivity index (χ1) is 10.1. The van der Waals surface area contributed by atoms with Crippen LogP contribution in [0.1, 0.15) is 17.3 Å². The number of hydrogen-bond donors (Lipinski definition) is 2. The summed E-state index contributed by atoms with van der Waals surface area (Å²) in [5.41, 5.74) is 6.71. The van der Waals surface area contributed by atoms with E-state index in [1.807, 2.05) is 42.5 Å². The standard InChI is InChI=1S/C18H13NO2/c1-9(20)14-17(19)12-7-5-10-3-2-4-11-6-8-13(18(14)21)16(12)15(10)11/h2-8,21H,19H2,1H3. The SMILES string of the molecule is CC(=O)c1c(N)c2ccc3cccc4ccc(c1O)c2c34. The Bertz CT molecular complexity index is 964. The molecule has 0 radical (unpaired) electrons. The fourth-order valence-electron chi connectivity index (χ4n) is 3.26. The molecule has 0 saturated carbocycles. The molecule has 0 saturated heterocycles. The van der Waals surface area contributed by atoms with Crippen molar-refractivity contribution in [2.24, 2.45) is 0 Å². The third-order valence-electron chi connectivity index (χ3n) is 4.18. The van der Waals surface area contributed by atoms with Gasteiger partial charge in [0.15, 0.2) is 5.78 Å². The molecule has 0 heterocycles. The number of nitrogens with two attached hydrogens (primary N) is 1. The van der Waals surface area contributed by atoms with Crippen LogP contribution in [0.3, 0.4) is 0 Å². The lowest BCUT2D eigenvalue weighted by atomic mass is 9.90. The number of rotatable bonds is 1. The highest BCUT2D eigenvalue weighted by atomic mass is 16.3. The van der Waals surface area contributed by atoms with Gasteiger partial charge in [0, 0.05) is 16.2 Å². The zero-order valence-electron chi connectivity index (χ0n) is 11.5. The van der Waals surface area contributed by atoms with Gasteiger partial charge in [-0.2, -0.15) is 0 Å². The van der Waals surface area contributed by atoms with E-state index in [9.17, 15) is 9.90 Å². The second kappa shape index (κ2) is 3.85. The van der Waals surface area contributed by atoms with Crippen LogP contribution < -0.4 is 5.73 Å². The zero-order valence-corrected chi connectivity index (χ0v) is 11.5. The molecular weight excluding hydrogens is 262 g/mol. The number of phenolic OH excluding ortho intramolecular Hbond substituents is 1. The molecule has 0 spiro atoms. The Hall–Kier alpha value is -2.81. The Morgan fingerprint density at radius 3 is 2.19 bits per heavy atom. The van der Waals surface area contributed by atoms with Crippen molar-refractivity contribution in [3.8, 4) is 5.75 Å². The third-order valence-corrected chi connectivity index (χ3v) is 4.18. The molecule has 4 rings (SSSR count). The van der Waals surface area contributed by atoms with Crippen molar-refractivity contribution in [2.45, 2.75) is 6.92 Å². The van der Waals surface area contributed by atoms with Crippen LogP contribution in [0.2, 0.25) is 0 Å². The molecule has 3 N–H and O–H groups in total. The van der Waals surface area contributed by atoms with Crippen LogP contribution in [0.5, 0.6) is 5.75 Å². The molecule has 0 aliphatic heterocycles. The predicted molar refractivity (Wildman–Crippen MR) is 86.2 cm³/mol. The van der Waals surface area contributed by atoms with Crippen molar-refractivity contribution < 1.29 is 9.90 Å². The number of nitrogen functional groups attached to an aromatic ring is 1. The number of carbonyl (C=O) groups excluding carboxylic acids is 1. The predicted octanol–water partition coefficient (Wildman–Crippen LogP) is 4.07. The molecule has 3 nitrogen and oxygen atoms in total. The molecule has 0 aliphatic rings. The van der Waals surface area contributed by atoms with Gasteiger partial charge in [-0.1, -0.05) is 36.4 Å². The Kier molecular flexibility index (Phi) is 2.20. The highest BCUT2D eigenvalue weighted by molar-refractivity contribution is 6.29. The van der Waals surface area contributed by atoms with Crippen molar-refractivity contribution >= 4 is 43.8 Å². The largest absolute Gasteiger partial charge is 0.506 e. The summed E-state index contributed by atoms with van der Waals surface area (Å²) in [6.07, 6.45) is 0. The summed E-state index contributed by atoms with van der Waals surface area (Å²) in [5, 5.41) is 16.2. The topological polar surface area (TPSA) is 63.3 Å². The quantitative estimate of drug-likeness (QED) is 0.312. The van der Waals surface area contributed by atoms with Gasteiger partial charge in [0.1, 0.15) is 5.75 Å². The fraction of sp³-hybridized carbons (Fsp3) is 0.0556. The van der Waals surface area contributed by atoms with E-state index in [1.165, 1.54) is 6.92 Å². The minimum atomic E-state index is -0.226. The van der Waals surface area contributed by atoms with Crippen molar-refractivity contribution in [1.29, 1.82) is 0 Å². The van der Waals surface area contributed by atoms with E-state index in [0.717, 1.165) is 26.9 Å². The lowest BCUT2D eigenvalue weighted by molar-refractivity contribution is 0.101. The molecule has 102 valence electrons. The van der Waals surface area contributed by atoms with Crippen LogP contribution in [0.4, 0.5) is 5.69 Å². The Morgan fingerprint density at radius 1 is 0.952 bits per heavy atom. The summed E-state index contributed by atoms with van der Waals surface area (Å²) in [6, 6.07) is 13.8. The number of benzene rings is 4. The first-order valence-electron chi connectivity index (χ1n) is 6.78. The Morgan fingerprint density at radius 2 is 1.57 bits per heavy atom. The first-order valence-corrected chi connectivity index (χ1v) is 6.78. The van der Waals surface area contributed by atoms with Gasteiger partial charge in [-0.15, -0.1) is 0 Å². The molecule has 0 amide bonds. The first kappa shape index (κ1) is 12.0. The number of phenols is 1. The summed E-state index contributed by atoms with van der Waals surface area (Å²) in [7, 11) is 0. The van der Waals surface area contributed by atoms with E-state index >= 15 is 0 Å². The maximum atomic E-state index is 11.8. The number of Topliss-reactive ketones (excluding diaryl/α,β-unsaturated/α-hetero) is 1. The molecular formula is C18H13NO2. The maximum absolute atomic E-state index is 11.8. The lowest BCUT2D eigenvalue weighted by Gasteiger charge is -2.16. The van der Waals surface area contributed by atoms with Crippen LogP contribution in [0, 0.1) is 0 Å². The van der Waals surface area contributed by atoms with E-state index in [-0.39, 0.29) is 17.1 Å². The maximum Gasteiger partial charge on any atom is 0.165 e. The van der Waals surface area contributed by atoms with Gasteiger partial charge in [-0.3, -0.25) is 4.79 Å². The van der Waals surface area contributed by atoms with E-state index in [1.54, 1.807) is 0 Å². The van der Waals surface area contributed by atoms with E-state index in [4.69, 9.17) is 5.73 Å². The van der Waals surface area contributed by atoms with Gasteiger partial charge in [-0.05, 0) is 29.1 Å². The molecule has 0 atom stereocenters. The molecule has 21 heavy (non-hydrogen) atoms. The number of aromatic hydroxyl groups is 1. The zero-order chi connectivity index (χ0) is 14.7. The summed E-state index contributed by atoms with van der Waals surface area (Å²) < 4.78 is 0. The molecule has 4 aromatic carbocycles. The van der Waals surface area contributed by atoms with Crippen LogP contribution in [0.25, 0.3) is 32.3 Å². The molecule has 0 bridgehead atoms. The van der Waals surface area contributed by atoms with Crippen LogP contribution >= 0.6 is 0 Å². The monoisotopic (exact) mass is 275 g/mol. The summed E-state index contributed by atoms with van der Waals surface area (Å²) in [5.74, 6) is -0.249. The molecule has 0 aliphatic carbocycles. The second-order valence-electron chi connectivity index (χ2n) is 5.37.